The summed E-state index contributed by atoms with van der Waals surface area (Å²) < 4.78 is 9.70. The molecule has 0 aliphatic heterocycles. The van der Waals surface area contributed by atoms with Gasteiger partial charge in [0.05, 0.1) is 0 Å². The Bertz CT molecular complexity index is 329. The predicted octanol–water partition coefficient (Wildman–Crippen LogP) is 3.97. The molecule has 22 heavy (non-hydrogen) atoms. The molecule has 0 unspecified atom stereocenters. The zero-order chi connectivity index (χ0) is 16.6. The highest BCUT2D eigenvalue weighted by molar-refractivity contribution is 5.86. The first-order chi connectivity index (χ1) is 10.6. The number of rotatable bonds is 13. The maximum Gasteiger partial charge on any atom is 0.407 e. The van der Waals surface area contributed by atoms with Crippen LogP contribution in [0, 0.1) is 0 Å². The second kappa shape index (κ2) is 14.4. The highest BCUT2D eigenvalue weighted by Gasteiger charge is 2.04. The molecule has 0 aliphatic carbocycles. The van der Waals surface area contributed by atoms with Gasteiger partial charge >= 0.3 is 12.1 Å². The third-order valence-corrected chi connectivity index (χ3v) is 3.20. The van der Waals surface area contributed by atoms with E-state index in [1.54, 1.807) is 6.92 Å². The minimum absolute atomic E-state index is 0.0525. The monoisotopic (exact) mass is 313 g/mol. The molecule has 0 rings (SSSR count). The smallest absolute Gasteiger partial charge is 0.407 e. The number of unbranched alkanes of at least 4 members (excludes halogenated alkanes) is 7. The van der Waals surface area contributed by atoms with Crippen LogP contribution in [0.4, 0.5) is 4.79 Å². The van der Waals surface area contributed by atoms with Crippen molar-refractivity contribution in [3.05, 3.63) is 12.2 Å². The molecule has 1 amide bonds. The number of esters is 1. The van der Waals surface area contributed by atoms with E-state index in [4.69, 9.17) is 9.47 Å². The summed E-state index contributed by atoms with van der Waals surface area (Å²) in [4.78, 5) is 22.4. The summed E-state index contributed by atoms with van der Waals surface area (Å²) >= 11 is 0. The van der Waals surface area contributed by atoms with Gasteiger partial charge in [-0.05, 0) is 13.3 Å². The van der Waals surface area contributed by atoms with Crippen LogP contribution in [-0.4, -0.2) is 31.8 Å². The van der Waals surface area contributed by atoms with Gasteiger partial charge in [0.25, 0.3) is 0 Å². The van der Waals surface area contributed by atoms with Crippen molar-refractivity contribution in [2.24, 2.45) is 0 Å². The van der Waals surface area contributed by atoms with Crippen molar-refractivity contribution in [2.45, 2.75) is 65.2 Å². The molecular weight excluding hydrogens is 282 g/mol. The molecule has 0 saturated heterocycles. The van der Waals surface area contributed by atoms with Crippen LogP contribution in [0.5, 0.6) is 0 Å². The normalized spacial score (nSPS) is 10.1. The second-order valence-corrected chi connectivity index (χ2v) is 5.45. The van der Waals surface area contributed by atoms with Gasteiger partial charge < -0.3 is 14.8 Å². The number of hydrogen-bond donors (Lipinski definition) is 1. The average molecular weight is 313 g/mol. The van der Waals surface area contributed by atoms with Crippen molar-refractivity contribution in [1.82, 2.24) is 5.32 Å². The maximum atomic E-state index is 11.3. The van der Waals surface area contributed by atoms with E-state index in [9.17, 15) is 9.59 Å². The van der Waals surface area contributed by atoms with E-state index in [0.29, 0.717) is 12.1 Å². The lowest BCUT2D eigenvalue weighted by Crippen LogP contribution is -2.26. The lowest BCUT2D eigenvalue weighted by molar-refractivity contribution is -0.139. The molecule has 0 aromatic carbocycles. The first kappa shape index (κ1) is 20.5. The van der Waals surface area contributed by atoms with E-state index in [1.807, 2.05) is 0 Å². The molecular formula is C17H31NO4. The van der Waals surface area contributed by atoms with E-state index < -0.39 is 12.1 Å². The molecule has 0 spiro atoms. The Morgan fingerprint density at radius 1 is 0.909 bits per heavy atom. The second-order valence-electron chi connectivity index (χ2n) is 5.45. The summed E-state index contributed by atoms with van der Waals surface area (Å²) in [6.07, 6.45) is 9.37. The number of alkyl carbamates (subject to hydrolysis) is 1. The largest absolute Gasteiger partial charge is 0.459 e. The molecule has 0 aromatic heterocycles. The lowest BCUT2D eigenvalue weighted by Gasteiger charge is -2.07. The Balaban J connectivity index is 3.29. The molecule has 0 radical (unpaired) electrons. The molecule has 0 aromatic rings. The number of ether oxygens (including phenoxy) is 2. The molecule has 0 saturated carbocycles. The van der Waals surface area contributed by atoms with E-state index in [1.165, 1.54) is 38.5 Å². The average Bonchev–Trinajstić information content (AvgIpc) is 2.49. The summed E-state index contributed by atoms with van der Waals surface area (Å²) in [7, 11) is 0. The minimum Gasteiger partial charge on any atom is -0.459 e. The van der Waals surface area contributed by atoms with Crippen LogP contribution in [0.1, 0.15) is 65.2 Å². The van der Waals surface area contributed by atoms with Crippen molar-refractivity contribution in [2.75, 3.05) is 19.8 Å². The van der Waals surface area contributed by atoms with Crippen LogP contribution < -0.4 is 5.32 Å². The summed E-state index contributed by atoms with van der Waals surface area (Å²) in [5.74, 6) is -0.469. The molecule has 5 heteroatoms. The van der Waals surface area contributed by atoms with Gasteiger partial charge in [-0.3, -0.25) is 0 Å². The Morgan fingerprint density at radius 2 is 1.45 bits per heavy atom. The van der Waals surface area contributed by atoms with E-state index >= 15 is 0 Å². The van der Waals surface area contributed by atoms with Crippen LogP contribution >= 0.6 is 0 Å². The van der Waals surface area contributed by atoms with Gasteiger partial charge in [0.15, 0.2) is 0 Å². The number of nitrogens with one attached hydrogen (secondary N) is 1. The lowest BCUT2D eigenvalue weighted by atomic mass is 10.1. The number of amides is 1. The zero-order valence-corrected chi connectivity index (χ0v) is 14.1. The molecule has 1 N–H and O–H groups in total. The van der Waals surface area contributed by atoms with Crippen LogP contribution in [0.3, 0.4) is 0 Å². The number of hydrogen-bond acceptors (Lipinski definition) is 4. The van der Waals surface area contributed by atoms with Gasteiger partial charge in [-0.25, -0.2) is 9.59 Å². The topological polar surface area (TPSA) is 64.6 Å². The third-order valence-electron chi connectivity index (χ3n) is 3.20. The Kier molecular flexibility index (Phi) is 13.4. The van der Waals surface area contributed by atoms with Crippen LogP contribution in [0.25, 0.3) is 0 Å². The van der Waals surface area contributed by atoms with Gasteiger partial charge in [-0.15, -0.1) is 0 Å². The zero-order valence-electron chi connectivity index (χ0n) is 14.1. The molecule has 0 aliphatic rings. The summed E-state index contributed by atoms with van der Waals surface area (Å²) in [6.45, 7) is 7.98. The van der Waals surface area contributed by atoms with Gasteiger partial charge in [0, 0.05) is 12.1 Å². The molecule has 0 fully saturated rings. The number of carbonyl (C=O) groups is 2. The summed E-state index contributed by atoms with van der Waals surface area (Å²) in [5.41, 5.74) is 0.333. The van der Waals surface area contributed by atoms with Crippen molar-refractivity contribution in [3.8, 4) is 0 Å². The predicted molar refractivity (Wildman–Crippen MR) is 87.7 cm³/mol. The van der Waals surface area contributed by atoms with Crippen LogP contribution in [0.2, 0.25) is 0 Å². The van der Waals surface area contributed by atoms with Gasteiger partial charge in [-0.1, -0.05) is 58.4 Å². The molecule has 5 nitrogen and oxygen atoms in total. The summed E-state index contributed by atoms with van der Waals surface area (Å²) in [5, 5.41) is 2.69. The van der Waals surface area contributed by atoms with Crippen molar-refractivity contribution >= 4 is 12.1 Å². The first-order valence-corrected chi connectivity index (χ1v) is 8.31. The fourth-order valence-corrected chi connectivity index (χ4v) is 1.89. The van der Waals surface area contributed by atoms with Crippen molar-refractivity contribution in [3.63, 3.8) is 0 Å². The Hall–Kier alpha value is -1.52. The number of carbonyl (C=O) groups excluding carboxylic acids is 2. The van der Waals surface area contributed by atoms with E-state index in [2.05, 4.69) is 18.8 Å². The highest BCUT2D eigenvalue weighted by atomic mass is 16.6. The van der Waals surface area contributed by atoms with Gasteiger partial charge in [0.2, 0.25) is 0 Å². The fraction of sp³-hybridized carbons (Fsp3) is 0.765. The van der Waals surface area contributed by atoms with Crippen LogP contribution in [0.15, 0.2) is 12.2 Å². The van der Waals surface area contributed by atoms with Crippen molar-refractivity contribution in [1.29, 1.82) is 0 Å². The first-order valence-electron chi connectivity index (χ1n) is 8.31. The summed E-state index contributed by atoms with van der Waals surface area (Å²) in [6, 6.07) is 0. The molecule has 0 heterocycles. The molecule has 0 bridgehead atoms. The molecule has 128 valence electrons. The van der Waals surface area contributed by atoms with E-state index in [0.717, 1.165) is 12.8 Å². The van der Waals surface area contributed by atoms with Crippen molar-refractivity contribution < 1.29 is 19.1 Å². The SMILES string of the molecule is C=C(C)C(=O)OCCOC(=O)NCCCCCCCCCC. The Labute approximate surface area is 134 Å². The van der Waals surface area contributed by atoms with Crippen LogP contribution in [-0.2, 0) is 14.3 Å². The third kappa shape index (κ3) is 13.5. The highest BCUT2D eigenvalue weighted by Crippen LogP contribution is 2.07. The van der Waals surface area contributed by atoms with E-state index in [-0.39, 0.29) is 13.2 Å². The van der Waals surface area contributed by atoms with Gasteiger partial charge in [0.1, 0.15) is 13.2 Å². The molecule has 0 atom stereocenters. The minimum atomic E-state index is -0.469. The quantitative estimate of drug-likeness (QED) is 0.317. The maximum absolute atomic E-state index is 11.3. The Morgan fingerprint density at radius 3 is 2.05 bits per heavy atom. The fourth-order valence-electron chi connectivity index (χ4n) is 1.89. The van der Waals surface area contributed by atoms with Gasteiger partial charge in [-0.2, -0.15) is 0 Å². The standard InChI is InChI=1S/C17H31NO4/c1-4-5-6-7-8-9-10-11-12-18-17(20)22-14-13-21-16(19)15(2)3/h2,4-14H2,1,3H3,(H,18,20).